The first kappa shape index (κ1) is 13.2. The number of rotatable bonds is 4. The molecule has 1 heterocycles. The van der Waals surface area contributed by atoms with Crippen molar-refractivity contribution in [2.24, 2.45) is 0 Å². The summed E-state index contributed by atoms with van der Waals surface area (Å²) in [5, 5.41) is 7.92. The first-order valence-electron chi connectivity index (χ1n) is 5.44. The third-order valence-corrected chi connectivity index (χ3v) is 2.75. The number of nitrogens with two attached hydrogens (primary N) is 1. The van der Waals surface area contributed by atoms with Crippen LogP contribution in [0.15, 0.2) is 18.3 Å². The van der Waals surface area contributed by atoms with Crippen LogP contribution in [-0.2, 0) is 4.79 Å². The van der Waals surface area contributed by atoms with E-state index in [-0.39, 0.29) is 11.9 Å². The van der Waals surface area contributed by atoms with Crippen LogP contribution in [0.3, 0.4) is 0 Å². The third-order valence-electron chi connectivity index (χ3n) is 2.75. The molecule has 0 spiro atoms. The summed E-state index contributed by atoms with van der Waals surface area (Å²) in [4.78, 5) is 16.9. The Morgan fingerprint density at radius 1 is 1.59 bits per heavy atom. The summed E-state index contributed by atoms with van der Waals surface area (Å²) in [7, 11) is 1.73. The van der Waals surface area contributed by atoms with Crippen LogP contribution in [0, 0.1) is 5.41 Å². The first-order chi connectivity index (χ1) is 7.91. The van der Waals surface area contributed by atoms with Gasteiger partial charge in [-0.1, -0.05) is 0 Å². The Kier molecular flexibility index (Phi) is 4.20. The maximum atomic E-state index is 11.2. The van der Waals surface area contributed by atoms with Crippen LogP contribution in [0.1, 0.15) is 26.0 Å². The molecule has 17 heavy (non-hydrogen) atoms. The smallest absolute Gasteiger partial charge is 0.219 e. The van der Waals surface area contributed by atoms with Gasteiger partial charge in [-0.05, 0) is 19.1 Å². The highest BCUT2D eigenvalue weighted by Crippen LogP contribution is 2.08. The van der Waals surface area contributed by atoms with E-state index in [1.54, 1.807) is 24.1 Å². The van der Waals surface area contributed by atoms with Crippen molar-refractivity contribution < 1.29 is 4.79 Å². The normalized spacial score (nSPS) is 11.9. The van der Waals surface area contributed by atoms with Gasteiger partial charge in [0.15, 0.2) is 0 Å². The maximum absolute atomic E-state index is 11.2. The molecule has 0 aromatic carbocycles. The van der Waals surface area contributed by atoms with Crippen LogP contribution in [0.25, 0.3) is 0 Å². The number of nitrogens with zero attached hydrogens (tertiary/aromatic N) is 2. The number of pyridine rings is 1. The van der Waals surface area contributed by atoms with E-state index < -0.39 is 0 Å². The van der Waals surface area contributed by atoms with E-state index in [1.165, 1.54) is 13.1 Å². The average molecular weight is 234 g/mol. The second-order valence-electron chi connectivity index (χ2n) is 4.14. The molecule has 0 saturated carbocycles. The second-order valence-corrected chi connectivity index (χ2v) is 4.14. The van der Waals surface area contributed by atoms with Gasteiger partial charge >= 0.3 is 0 Å². The fraction of sp³-hybridized carbons (Fsp3) is 0.417. The zero-order valence-electron chi connectivity index (χ0n) is 10.4. The lowest BCUT2D eigenvalue weighted by Crippen LogP contribution is -2.34. The van der Waals surface area contributed by atoms with Gasteiger partial charge in [-0.3, -0.25) is 9.78 Å². The molecule has 1 atom stereocenters. The van der Waals surface area contributed by atoms with Gasteiger partial charge in [0.2, 0.25) is 5.91 Å². The van der Waals surface area contributed by atoms with Crippen molar-refractivity contribution >= 4 is 17.3 Å². The molecule has 3 N–H and O–H groups in total. The van der Waals surface area contributed by atoms with E-state index >= 15 is 0 Å². The number of hydrogen-bond donors (Lipinski definition) is 2. The highest BCUT2D eigenvalue weighted by Gasteiger charge is 2.15. The van der Waals surface area contributed by atoms with Gasteiger partial charge in [0.25, 0.3) is 0 Å². The van der Waals surface area contributed by atoms with E-state index in [0.717, 1.165) is 0 Å². The zero-order valence-corrected chi connectivity index (χ0v) is 10.4. The van der Waals surface area contributed by atoms with Gasteiger partial charge in [0, 0.05) is 26.4 Å². The lowest BCUT2D eigenvalue weighted by molar-refractivity contribution is -0.129. The monoisotopic (exact) mass is 234 g/mol. The number of nitrogens with one attached hydrogen (secondary N) is 1. The largest absolute Gasteiger partial charge is 0.397 e. The predicted molar refractivity (Wildman–Crippen MR) is 68.0 cm³/mol. The van der Waals surface area contributed by atoms with Crippen molar-refractivity contribution in [3.05, 3.63) is 24.0 Å². The topological polar surface area (TPSA) is 83.1 Å². The molecule has 0 radical (unpaired) electrons. The van der Waals surface area contributed by atoms with Crippen LogP contribution in [-0.4, -0.2) is 34.6 Å². The Balaban J connectivity index is 2.66. The molecule has 1 aromatic heterocycles. The van der Waals surface area contributed by atoms with E-state index in [0.29, 0.717) is 23.5 Å². The molecule has 1 unspecified atom stereocenters. The predicted octanol–water partition coefficient (Wildman–Crippen LogP) is 1.29. The molecule has 0 aliphatic rings. The van der Waals surface area contributed by atoms with Crippen LogP contribution in [0.2, 0.25) is 0 Å². The number of aromatic nitrogens is 1. The molecule has 1 aromatic rings. The number of carbonyl (C=O) groups excluding carboxylic acids is 1. The standard InChI is InChI=1S/C12H18N4O/c1-8(16(3)9(2)17)6-11(14)12-5-4-10(13)7-15-12/h4-5,7-8,14H,6,13H2,1-3H3. The van der Waals surface area contributed by atoms with Crippen LogP contribution < -0.4 is 5.73 Å². The molecule has 0 aliphatic heterocycles. The Labute approximate surface area is 101 Å². The van der Waals surface area contributed by atoms with E-state index in [9.17, 15) is 4.79 Å². The SMILES string of the molecule is CC(=O)N(C)C(C)CC(=N)c1ccc(N)cn1. The Bertz CT molecular complexity index is 413. The summed E-state index contributed by atoms with van der Waals surface area (Å²) in [6.45, 7) is 3.43. The molecular weight excluding hydrogens is 216 g/mol. The zero-order chi connectivity index (χ0) is 13.0. The minimum Gasteiger partial charge on any atom is -0.397 e. The highest BCUT2D eigenvalue weighted by molar-refractivity contribution is 5.97. The van der Waals surface area contributed by atoms with Crippen LogP contribution in [0.4, 0.5) is 5.69 Å². The van der Waals surface area contributed by atoms with Gasteiger partial charge in [0.1, 0.15) is 0 Å². The number of carbonyl (C=O) groups is 1. The molecule has 5 nitrogen and oxygen atoms in total. The summed E-state index contributed by atoms with van der Waals surface area (Å²) < 4.78 is 0. The summed E-state index contributed by atoms with van der Waals surface area (Å²) in [6, 6.07) is 3.42. The molecule has 1 rings (SSSR count). The molecule has 0 bridgehead atoms. The Hall–Kier alpha value is -1.91. The molecule has 0 fully saturated rings. The fourth-order valence-corrected chi connectivity index (χ4v) is 1.43. The minimum atomic E-state index is -0.0145. The van der Waals surface area contributed by atoms with Crippen LogP contribution >= 0.6 is 0 Å². The van der Waals surface area contributed by atoms with Crippen molar-refractivity contribution in [2.75, 3.05) is 12.8 Å². The quantitative estimate of drug-likeness (QED) is 0.770. The third kappa shape index (κ3) is 3.55. The highest BCUT2D eigenvalue weighted by atomic mass is 16.2. The average Bonchev–Trinajstić information content (AvgIpc) is 2.28. The van der Waals surface area contributed by atoms with Crippen molar-refractivity contribution in [1.82, 2.24) is 9.88 Å². The molecular formula is C12H18N4O. The van der Waals surface area contributed by atoms with Crippen molar-refractivity contribution in [2.45, 2.75) is 26.3 Å². The Morgan fingerprint density at radius 2 is 2.24 bits per heavy atom. The van der Waals surface area contributed by atoms with Gasteiger partial charge in [-0.15, -0.1) is 0 Å². The van der Waals surface area contributed by atoms with Gasteiger partial charge in [-0.2, -0.15) is 0 Å². The van der Waals surface area contributed by atoms with Crippen LogP contribution in [0.5, 0.6) is 0 Å². The number of nitrogen functional groups attached to an aromatic ring is 1. The fourth-order valence-electron chi connectivity index (χ4n) is 1.43. The molecule has 5 heteroatoms. The Morgan fingerprint density at radius 3 is 2.71 bits per heavy atom. The number of amides is 1. The first-order valence-corrected chi connectivity index (χ1v) is 5.44. The minimum absolute atomic E-state index is 0.00411. The molecule has 1 amide bonds. The molecule has 92 valence electrons. The van der Waals surface area contributed by atoms with Gasteiger partial charge in [0.05, 0.1) is 23.3 Å². The van der Waals surface area contributed by atoms with Crippen molar-refractivity contribution in [1.29, 1.82) is 5.41 Å². The number of anilines is 1. The summed E-state index contributed by atoms with van der Waals surface area (Å²) in [6.07, 6.45) is 2.01. The van der Waals surface area contributed by atoms with E-state index in [2.05, 4.69) is 4.98 Å². The van der Waals surface area contributed by atoms with Crippen molar-refractivity contribution in [3.8, 4) is 0 Å². The molecule has 0 saturated heterocycles. The lowest BCUT2D eigenvalue weighted by Gasteiger charge is -2.23. The molecule has 0 aliphatic carbocycles. The summed E-state index contributed by atoms with van der Waals surface area (Å²) >= 11 is 0. The van der Waals surface area contributed by atoms with E-state index in [1.807, 2.05) is 6.92 Å². The van der Waals surface area contributed by atoms with E-state index in [4.69, 9.17) is 11.1 Å². The lowest BCUT2D eigenvalue weighted by atomic mass is 10.1. The second kappa shape index (κ2) is 5.43. The van der Waals surface area contributed by atoms with Crippen molar-refractivity contribution in [3.63, 3.8) is 0 Å². The van der Waals surface area contributed by atoms with Gasteiger partial charge < -0.3 is 16.0 Å². The number of hydrogen-bond acceptors (Lipinski definition) is 4. The maximum Gasteiger partial charge on any atom is 0.219 e. The van der Waals surface area contributed by atoms with Gasteiger partial charge in [-0.25, -0.2) is 0 Å². The summed E-state index contributed by atoms with van der Waals surface area (Å²) in [5.41, 5.74) is 7.12. The summed E-state index contributed by atoms with van der Waals surface area (Å²) in [5.74, 6) is -0.00411.